The maximum atomic E-state index is 13.8. The summed E-state index contributed by atoms with van der Waals surface area (Å²) < 4.78 is 26.8. The number of hydrogen-bond acceptors (Lipinski definition) is 4. The lowest BCUT2D eigenvalue weighted by Crippen LogP contribution is -2.43. The average Bonchev–Trinajstić information content (AvgIpc) is 3.04. The van der Waals surface area contributed by atoms with Crippen LogP contribution in [0.25, 0.3) is 0 Å². The van der Waals surface area contributed by atoms with Crippen molar-refractivity contribution in [2.45, 2.75) is 12.5 Å². The summed E-state index contributed by atoms with van der Waals surface area (Å²) in [6.07, 6.45) is 3.54. The van der Waals surface area contributed by atoms with Crippen molar-refractivity contribution in [3.63, 3.8) is 0 Å². The Kier molecular flexibility index (Phi) is 4.87. The number of hydrogen-bond donors (Lipinski definition) is 2. The molecular formula is C17H16F2N4O2. The standard InChI is InChI=1S/C17H16F2N4O2/c18-11-3-4-15(14(19)8-11)23-7-5-13(10-23)22-17(25)16(24)21-12-2-1-6-20-9-12/h1-4,6,8-9,13H,5,7,10H2,(H,21,24)(H,22,25). The van der Waals surface area contributed by atoms with Crippen LogP contribution in [-0.4, -0.2) is 35.9 Å². The number of nitrogens with zero attached hydrogens (tertiary/aromatic N) is 2. The molecule has 1 saturated heterocycles. The molecule has 8 heteroatoms. The summed E-state index contributed by atoms with van der Waals surface area (Å²) in [6.45, 7) is 0.839. The third-order valence-corrected chi connectivity index (χ3v) is 3.90. The van der Waals surface area contributed by atoms with Crippen molar-refractivity contribution in [1.82, 2.24) is 10.3 Å². The normalized spacial score (nSPS) is 16.6. The van der Waals surface area contributed by atoms with E-state index in [2.05, 4.69) is 15.6 Å². The van der Waals surface area contributed by atoms with Crippen LogP contribution in [0.4, 0.5) is 20.2 Å². The van der Waals surface area contributed by atoms with E-state index in [-0.39, 0.29) is 11.7 Å². The highest BCUT2D eigenvalue weighted by Crippen LogP contribution is 2.24. The molecule has 2 aromatic rings. The van der Waals surface area contributed by atoms with Gasteiger partial charge in [-0.3, -0.25) is 14.6 Å². The lowest BCUT2D eigenvalue weighted by Gasteiger charge is -2.19. The van der Waals surface area contributed by atoms with Crippen molar-refractivity contribution < 1.29 is 18.4 Å². The molecule has 0 radical (unpaired) electrons. The lowest BCUT2D eigenvalue weighted by atomic mass is 10.2. The Bertz CT molecular complexity index is 785. The minimum Gasteiger partial charge on any atom is -0.367 e. The summed E-state index contributed by atoms with van der Waals surface area (Å²) in [7, 11) is 0. The molecule has 0 spiro atoms. The molecule has 0 bridgehead atoms. The van der Waals surface area contributed by atoms with Crippen LogP contribution in [0.5, 0.6) is 0 Å². The number of aromatic nitrogens is 1. The van der Waals surface area contributed by atoms with Gasteiger partial charge < -0.3 is 15.5 Å². The first-order valence-corrected chi connectivity index (χ1v) is 7.75. The van der Waals surface area contributed by atoms with Gasteiger partial charge in [-0.05, 0) is 30.7 Å². The van der Waals surface area contributed by atoms with Gasteiger partial charge in [-0.15, -0.1) is 0 Å². The number of carbonyl (C=O) groups excluding carboxylic acids is 2. The van der Waals surface area contributed by atoms with Gasteiger partial charge in [0.25, 0.3) is 0 Å². The molecular weight excluding hydrogens is 330 g/mol. The van der Waals surface area contributed by atoms with Crippen LogP contribution >= 0.6 is 0 Å². The Labute approximate surface area is 142 Å². The molecule has 1 aromatic carbocycles. The van der Waals surface area contributed by atoms with E-state index in [9.17, 15) is 18.4 Å². The van der Waals surface area contributed by atoms with Gasteiger partial charge >= 0.3 is 11.8 Å². The quantitative estimate of drug-likeness (QED) is 0.830. The molecule has 1 fully saturated rings. The summed E-state index contributed by atoms with van der Waals surface area (Å²) >= 11 is 0. The highest BCUT2D eigenvalue weighted by atomic mass is 19.1. The Morgan fingerprint density at radius 3 is 2.76 bits per heavy atom. The molecule has 1 aromatic heterocycles. The number of carbonyl (C=O) groups is 2. The zero-order valence-corrected chi connectivity index (χ0v) is 13.2. The van der Waals surface area contributed by atoms with Gasteiger partial charge in [0, 0.05) is 31.4 Å². The van der Waals surface area contributed by atoms with Crippen LogP contribution in [-0.2, 0) is 9.59 Å². The monoisotopic (exact) mass is 346 g/mol. The fourth-order valence-electron chi connectivity index (χ4n) is 2.71. The van der Waals surface area contributed by atoms with Crippen molar-refractivity contribution in [2.75, 3.05) is 23.3 Å². The average molecular weight is 346 g/mol. The zero-order chi connectivity index (χ0) is 17.8. The Morgan fingerprint density at radius 1 is 1.20 bits per heavy atom. The van der Waals surface area contributed by atoms with E-state index in [4.69, 9.17) is 0 Å². The van der Waals surface area contributed by atoms with E-state index in [1.54, 1.807) is 23.2 Å². The number of amides is 2. The smallest absolute Gasteiger partial charge is 0.313 e. The summed E-state index contributed by atoms with van der Waals surface area (Å²) in [5, 5.41) is 5.07. The molecule has 130 valence electrons. The first kappa shape index (κ1) is 16.8. The fraction of sp³-hybridized carbons (Fsp3) is 0.235. The van der Waals surface area contributed by atoms with Crippen LogP contribution in [0.15, 0.2) is 42.7 Å². The van der Waals surface area contributed by atoms with Crippen molar-refractivity contribution >= 4 is 23.2 Å². The lowest BCUT2D eigenvalue weighted by molar-refractivity contribution is -0.136. The van der Waals surface area contributed by atoms with Crippen LogP contribution < -0.4 is 15.5 Å². The minimum absolute atomic E-state index is 0.276. The second-order valence-corrected chi connectivity index (χ2v) is 5.70. The third-order valence-electron chi connectivity index (χ3n) is 3.90. The first-order chi connectivity index (χ1) is 12.0. The molecule has 0 saturated carbocycles. The van der Waals surface area contributed by atoms with Gasteiger partial charge in [-0.2, -0.15) is 0 Å². The number of nitrogens with one attached hydrogen (secondary N) is 2. The highest BCUT2D eigenvalue weighted by Gasteiger charge is 2.27. The van der Waals surface area contributed by atoms with Crippen molar-refractivity contribution in [1.29, 1.82) is 0 Å². The molecule has 1 aliphatic rings. The maximum absolute atomic E-state index is 13.8. The van der Waals surface area contributed by atoms with Crippen LogP contribution in [0.2, 0.25) is 0 Å². The second-order valence-electron chi connectivity index (χ2n) is 5.70. The number of benzene rings is 1. The van der Waals surface area contributed by atoms with Crippen LogP contribution in [0, 0.1) is 11.6 Å². The molecule has 2 N–H and O–H groups in total. The molecule has 2 heterocycles. The SMILES string of the molecule is O=C(Nc1cccnc1)C(=O)NC1CCN(c2ccc(F)cc2F)C1. The summed E-state index contributed by atoms with van der Waals surface area (Å²) in [4.78, 5) is 29.4. The van der Waals surface area contributed by atoms with Gasteiger partial charge in [0.05, 0.1) is 17.6 Å². The van der Waals surface area contributed by atoms with Crippen LogP contribution in [0.3, 0.4) is 0 Å². The molecule has 0 aliphatic carbocycles. The van der Waals surface area contributed by atoms with E-state index < -0.39 is 23.4 Å². The maximum Gasteiger partial charge on any atom is 0.313 e. The van der Waals surface area contributed by atoms with Crippen molar-refractivity contribution in [3.8, 4) is 0 Å². The third kappa shape index (κ3) is 4.09. The van der Waals surface area contributed by atoms with Crippen molar-refractivity contribution in [3.05, 3.63) is 54.4 Å². The number of rotatable bonds is 3. The molecule has 1 unspecified atom stereocenters. The van der Waals surface area contributed by atoms with Gasteiger partial charge in [0.2, 0.25) is 0 Å². The molecule has 1 aliphatic heterocycles. The Morgan fingerprint density at radius 2 is 2.04 bits per heavy atom. The largest absolute Gasteiger partial charge is 0.367 e. The van der Waals surface area contributed by atoms with Crippen molar-refractivity contribution in [2.24, 2.45) is 0 Å². The van der Waals surface area contributed by atoms with E-state index in [0.29, 0.717) is 25.2 Å². The molecule has 6 nitrogen and oxygen atoms in total. The topological polar surface area (TPSA) is 74.3 Å². The van der Waals surface area contributed by atoms with Gasteiger partial charge in [-0.1, -0.05) is 0 Å². The van der Waals surface area contributed by atoms with Gasteiger partial charge in [-0.25, -0.2) is 8.78 Å². The van der Waals surface area contributed by atoms with E-state index >= 15 is 0 Å². The summed E-state index contributed by atoms with van der Waals surface area (Å²) in [6, 6.07) is 6.33. The first-order valence-electron chi connectivity index (χ1n) is 7.75. The fourth-order valence-corrected chi connectivity index (χ4v) is 2.71. The Hall–Kier alpha value is -3.03. The number of halogens is 2. The number of anilines is 2. The van der Waals surface area contributed by atoms with E-state index in [1.165, 1.54) is 18.3 Å². The predicted octanol–water partition coefficient (Wildman–Crippen LogP) is 1.69. The van der Waals surface area contributed by atoms with E-state index in [1.807, 2.05) is 0 Å². The second kappa shape index (κ2) is 7.25. The van der Waals surface area contributed by atoms with Crippen LogP contribution in [0.1, 0.15) is 6.42 Å². The zero-order valence-electron chi connectivity index (χ0n) is 13.2. The summed E-state index contributed by atoms with van der Waals surface area (Å²) in [5.41, 5.74) is 0.696. The van der Waals surface area contributed by atoms with Gasteiger partial charge in [0.15, 0.2) is 0 Å². The Balaban J connectivity index is 1.55. The van der Waals surface area contributed by atoms with Gasteiger partial charge in [0.1, 0.15) is 11.6 Å². The molecule has 1 atom stereocenters. The minimum atomic E-state index is -0.792. The molecule has 25 heavy (non-hydrogen) atoms. The molecule has 3 rings (SSSR count). The number of pyridine rings is 1. The summed E-state index contributed by atoms with van der Waals surface area (Å²) in [5.74, 6) is -2.85. The highest BCUT2D eigenvalue weighted by molar-refractivity contribution is 6.39. The molecule has 2 amide bonds. The van der Waals surface area contributed by atoms with E-state index in [0.717, 1.165) is 6.07 Å². The predicted molar refractivity (Wildman–Crippen MR) is 88.0 cm³/mol.